The topological polar surface area (TPSA) is 87.7 Å². The van der Waals surface area contributed by atoms with E-state index in [0.717, 1.165) is 16.7 Å². The average Bonchev–Trinajstić information content (AvgIpc) is 3.52. The molecule has 8 heteroatoms. The Balaban J connectivity index is 1.52. The monoisotopic (exact) mass is 541 g/mol. The van der Waals surface area contributed by atoms with Gasteiger partial charge in [-0.3, -0.25) is 10.1 Å². The first-order valence-electron chi connectivity index (χ1n) is 13.0. The summed E-state index contributed by atoms with van der Waals surface area (Å²) in [6, 6.07) is 29.7. The van der Waals surface area contributed by atoms with Crippen LogP contribution in [-0.4, -0.2) is 53.4 Å². The minimum atomic E-state index is -0.692. The minimum Gasteiger partial charge on any atom is -0.445 e. The Bertz CT molecular complexity index is 1220. The molecule has 3 aromatic carbocycles. The van der Waals surface area contributed by atoms with Gasteiger partial charge in [-0.1, -0.05) is 104 Å². The summed E-state index contributed by atoms with van der Waals surface area (Å²) in [5.41, 5.74) is 3.41. The van der Waals surface area contributed by atoms with Gasteiger partial charge in [0.05, 0.1) is 4.75 Å². The van der Waals surface area contributed by atoms with E-state index < -0.39 is 22.9 Å². The van der Waals surface area contributed by atoms with E-state index in [4.69, 9.17) is 4.74 Å². The average molecular weight is 542 g/mol. The van der Waals surface area contributed by atoms with Crippen LogP contribution in [0.25, 0.3) is 0 Å². The number of likely N-dealkylation sites (tertiary alicyclic amines) is 1. The molecule has 2 aliphatic heterocycles. The van der Waals surface area contributed by atoms with Crippen LogP contribution < -0.4 is 10.6 Å². The number of nitrogens with one attached hydrogen (secondary N) is 2. The highest BCUT2D eigenvalue weighted by Gasteiger charge is 2.46. The predicted octanol–water partition coefficient (Wildman–Crippen LogP) is 5.08. The summed E-state index contributed by atoms with van der Waals surface area (Å²) in [6.07, 6.45) is 2.04. The highest BCUT2D eigenvalue weighted by Crippen LogP contribution is 2.52. The van der Waals surface area contributed by atoms with Crippen LogP contribution in [0.2, 0.25) is 0 Å². The van der Waals surface area contributed by atoms with Gasteiger partial charge in [-0.05, 0) is 29.5 Å². The smallest absolute Gasteiger partial charge is 0.410 e. The first kappa shape index (κ1) is 26.6. The second-order valence-electron chi connectivity index (χ2n) is 9.68. The third-order valence-electron chi connectivity index (χ3n) is 7.19. The maximum atomic E-state index is 13.1. The van der Waals surface area contributed by atoms with Gasteiger partial charge in [0.15, 0.2) is 0 Å². The number of hydrogen-bond donors (Lipinski definition) is 2. The minimum absolute atomic E-state index is 0.0204. The molecule has 2 N–H and O–H groups in total. The van der Waals surface area contributed by atoms with Crippen molar-refractivity contribution < 1.29 is 19.1 Å². The van der Waals surface area contributed by atoms with Crippen LogP contribution in [0.4, 0.5) is 9.59 Å². The van der Waals surface area contributed by atoms with Crippen LogP contribution >= 0.6 is 11.8 Å². The van der Waals surface area contributed by atoms with E-state index in [1.165, 1.54) is 6.08 Å². The molecule has 1 unspecified atom stereocenters. The summed E-state index contributed by atoms with van der Waals surface area (Å²) in [7, 11) is 0. The van der Waals surface area contributed by atoms with Crippen LogP contribution in [0, 0.1) is 0 Å². The van der Waals surface area contributed by atoms with Crippen molar-refractivity contribution in [2.45, 2.75) is 34.9 Å². The summed E-state index contributed by atoms with van der Waals surface area (Å²) in [6.45, 7) is 4.19. The second-order valence-corrected chi connectivity index (χ2v) is 11.2. The summed E-state index contributed by atoms with van der Waals surface area (Å²) in [5, 5.41) is 4.98. The Morgan fingerprint density at radius 3 is 1.95 bits per heavy atom. The van der Waals surface area contributed by atoms with Crippen molar-refractivity contribution in [1.82, 2.24) is 15.5 Å². The van der Waals surface area contributed by atoms with Crippen molar-refractivity contribution in [2.24, 2.45) is 0 Å². The molecule has 3 atom stereocenters. The molecule has 0 aliphatic carbocycles. The molecule has 2 fully saturated rings. The second kappa shape index (κ2) is 11.8. The lowest BCUT2D eigenvalue weighted by molar-refractivity contribution is -0.120. The molecule has 200 valence electrons. The fraction of sp³-hybridized carbons (Fsp3) is 0.258. The molecule has 0 radical (unpaired) electrons. The molecule has 5 rings (SSSR count). The first-order valence-corrected chi connectivity index (χ1v) is 13.9. The van der Waals surface area contributed by atoms with Crippen LogP contribution in [0.5, 0.6) is 0 Å². The predicted molar refractivity (Wildman–Crippen MR) is 152 cm³/mol. The Kier molecular flexibility index (Phi) is 8.02. The third-order valence-corrected chi connectivity index (χ3v) is 8.92. The van der Waals surface area contributed by atoms with Crippen molar-refractivity contribution in [2.75, 3.05) is 13.2 Å². The number of thioether (sulfide) groups is 1. The zero-order valence-corrected chi connectivity index (χ0v) is 22.3. The normalized spacial score (nSPS) is 20.8. The molecule has 0 bridgehead atoms. The SMILES string of the molecule is C=CCOC(=O)N1C[C@@H](SC(c2ccccc2)(c2ccccc2)c2ccccc2)C[C@H]1CC1NC(=O)NC1=O. The summed E-state index contributed by atoms with van der Waals surface area (Å²) in [5.74, 6) is -0.372. The lowest BCUT2D eigenvalue weighted by Crippen LogP contribution is -2.41. The lowest BCUT2D eigenvalue weighted by atomic mass is 9.84. The number of rotatable bonds is 9. The summed E-state index contributed by atoms with van der Waals surface area (Å²) < 4.78 is 4.88. The van der Waals surface area contributed by atoms with Crippen LogP contribution in [0.3, 0.4) is 0 Å². The molecule has 39 heavy (non-hydrogen) atoms. The maximum absolute atomic E-state index is 13.1. The molecule has 0 aromatic heterocycles. The molecular formula is C31H31N3O4S. The van der Waals surface area contributed by atoms with Gasteiger partial charge < -0.3 is 15.0 Å². The number of urea groups is 1. The van der Waals surface area contributed by atoms with Crippen molar-refractivity contribution in [3.05, 3.63) is 120 Å². The van der Waals surface area contributed by atoms with Gasteiger partial charge in [0.2, 0.25) is 0 Å². The number of carbonyl (C=O) groups is 3. The maximum Gasteiger partial charge on any atom is 0.410 e. The molecule has 3 aromatic rings. The fourth-order valence-electron chi connectivity index (χ4n) is 5.49. The van der Waals surface area contributed by atoms with Gasteiger partial charge in [-0.25, -0.2) is 9.59 Å². The van der Waals surface area contributed by atoms with Crippen molar-refractivity contribution >= 4 is 29.8 Å². The molecular weight excluding hydrogens is 510 g/mol. The Labute approximate surface area is 232 Å². The van der Waals surface area contributed by atoms with Crippen molar-refractivity contribution in [1.29, 1.82) is 0 Å². The number of benzene rings is 3. The van der Waals surface area contributed by atoms with Gasteiger partial charge in [0.25, 0.3) is 5.91 Å². The number of carbonyl (C=O) groups excluding carboxylic acids is 3. The van der Waals surface area contributed by atoms with Crippen LogP contribution in [-0.2, 0) is 14.3 Å². The Hall–Kier alpha value is -4.04. The number of hydrogen-bond acceptors (Lipinski definition) is 5. The molecule has 0 spiro atoms. The van der Waals surface area contributed by atoms with Gasteiger partial charge >= 0.3 is 12.1 Å². The highest BCUT2D eigenvalue weighted by atomic mass is 32.2. The third kappa shape index (κ3) is 5.56. The summed E-state index contributed by atoms with van der Waals surface area (Å²) in [4.78, 5) is 38.9. The van der Waals surface area contributed by atoms with E-state index >= 15 is 0 Å². The molecule has 2 aliphatic rings. The standard InChI is InChI=1S/C31H31N3O4S/c1-2-18-38-30(37)34-21-26(19-25(34)20-27-28(35)33-29(36)32-27)39-31(22-12-6-3-7-13-22,23-14-8-4-9-15-23)24-16-10-5-11-17-24/h2-17,25-27H,1,18-21H2,(H2,32,33,35,36)/t25-,26-,27?/m0/s1. The molecule has 0 saturated carbocycles. The van der Waals surface area contributed by atoms with E-state index in [0.29, 0.717) is 19.4 Å². The van der Waals surface area contributed by atoms with E-state index in [1.807, 2.05) is 66.4 Å². The van der Waals surface area contributed by atoms with E-state index in [2.05, 4.69) is 53.6 Å². The van der Waals surface area contributed by atoms with Crippen LogP contribution in [0.1, 0.15) is 29.5 Å². The van der Waals surface area contributed by atoms with Gasteiger partial charge in [-0.15, -0.1) is 11.8 Å². The molecule has 4 amide bonds. The van der Waals surface area contributed by atoms with Gasteiger partial charge in [0, 0.05) is 17.8 Å². The summed E-state index contributed by atoms with van der Waals surface area (Å²) >= 11 is 1.81. The Morgan fingerprint density at radius 2 is 1.49 bits per heavy atom. The number of amides is 4. The first-order chi connectivity index (χ1) is 19.0. The van der Waals surface area contributed by atoms with E-state index in [1.54, 1.807) is 4.90 Å². The largest absolute Gasteiger partial charge is 0.445 e. The van der Waals surface area contributed by atoms with E-state index in [-0.39, 0.29) is 23.8 Å². The molecule has 7 nitrogen and oxygen atoms in total. The van der Waals surface area contributed by atoms with E-state index in [9.17, 15) is 14.4 Å². The lowest BCUT2D eigenvalue weighted by Gasteiger charge is -2.37. The quantitative estimate of drug-likeness (QED) is 0.224. The van der Waals surface area contributed by atoms with Crippen LogP contribution in [0.15, 0.2) is 104 Å². The van der Waals surface area contributed by atoms with Gasteiger partial charge in [0.1, 0.15) is 12.6 Å². The highest BCUT2D eigenvalue weighted by molar-refractivity contribution is 8.01. The fourth-order valence-corrected chi connectivity index (χ4v) is 7.36. The number of imide groups is 1. The zero-order valence-electron chi connectivity index (χ0n) is 21.5. The Morgan fingerprint density at radius 1 is 0.949 bits per heavy atom. The van der Waals surface area contributed by atoms with Gasteiger partial charge in [-0.2, -0.15) is 0 Å². The van der Waals surface area contributed by atoms with Crippen molar-refractivity contribution in [3.8, 4) is 0 Å². The number of nitrogens with zero attached hydrogens (tertiary/aromatic N) is 1. The zero-order chi connectivity index (χ0) is 27.2. The number of ether oxygens (including phenoxy) is 1. The molecule has 2 saturated heterocycles. The van der Waals surface area contributed by atoms with Crippen molar-refractivity contribution in [3.63, 3.8) is 0 Å². The molecule has 2 heterocycles.